The number of likely N-dealkylation sites (tertiary alicyclic amines) is 1. The van der Waals surface area contributed by atoms with E-state index in [0.29, 0.717) is 17.9 Å². The van der Waals surface area contributed by atoms with Crippen LogP contribution in [0.5, 0.6) is 0 Å². The van der Waals surface area contributed by atoms with Gasteiger partial charge in [-0.2, -0.15) is 0 Å². The predicted molar refractivity (Wildman–Crippen MR) is 134 cm³/mol. The van der Waals surface area contributed by atoms with Crippen molar-refractivity contribution in [3.63, 3.8) is 0 Å². The van der Waals surface area contributed by atoms with Crippen molar-refractivity contribution in [1.29, 1.82) is 0 Å². The largest absolute Gasteiger partial charge is 0.444 e. The van der Waals surface area contributed by atoms with Gasteiger partial charge in [-0.15, -0.1) is 0 Å². The summed E-state index contributed by atoms with van der Waals surface area (Å²) in [5.74, 6) is -2.27. The normalized spacial score (nSPS) is 18.6. The summed E-state index contributed by atoms with van der Waals surface area (Å²) < 4.78 is 64.8. The third kappa shape index (κ3) is 6.56. The number of ether oxygens (including phenoxy) is 1. The first-order valence-electron chi connectivity index (χ1n) is 11.8. The number of rotatable bonds is 6. The van der Waals surface area contributed by atoms with E-state index < -0.39 is 52.2 Å². The van der Waals surface area contributed by atoms with Crippen LogP contribution in [0, 0.1) is 17.5 Å². The molecular weight excluding hydrogens is 503 g/mol. The Balaban J connectivity index is 1.65. The zero-order valence-corrected chi connectivity index (χ0v) is 21.5. The molecule has 3 atom stereocenters. The molecule has 1 fully saturated rings. The Hall–Kier alpha value is -3.24. The van der Waals surface area contributed by atoms with Gasteiger partial charge < -0.3 is 9.64 Å². The third-order valence-electron chi connectivity index (χ3n) is 5.96. The van der Waals surface area contributed by atoms with Gasteiger partial charge in [0.25, 0.3) is 0 Å². The minimum Gasteiger partial charge on any atom is -0.444 e. The molecule has 1 aromatic heterocycles. The molecule has 0 saturated carbocycles. The summed E-state index contributed by atoms with van der Waals surface area (Å²) in [7, 11) is -1.61. The minimum atomic E-state index is -1.61. The molecule has 2 heterocycles. The van der Waals surface area contributed by atoms with Crippen LogP contribution < -0.4 is 4.72 Å². The zero-order chi connectivity index (χ0) is 26.7. The number of aromatic nitrogens is 1. The molecule has 0 spiro atoms. The second-order valence-electron chi connectivity index (χ2n) is 9.85. The van der Waals surface area contributed by atoms with Crippen molar-refractivity contribution in [3.8, 4) is 11.1 Å². The van der Waals surface area contributed by atoms with Gasteiger partial charge >= 0.3 is 6.09 Å². The Morgan fingerprint density at radius 3 is 2.51 bits per heavy atom. The number of carbonyl (C=O) groups excluding carboxylic acids is 1. The van der Waals surface area contributed by atoms with Crippen molar-refractivity contribution in [3.05, 3.63) is 83.9 Å². The molecular formula is C27H28F3N3O3S. The quantitative estimate of drug-likeness (QED) is 0.463. The number of hydrogen-bond acceptors (Lipinski definition) is 4. The van der Waals surface area contributed by atoms with Gasteiger partial charge in [0.05, 0.1) is 10.9 Å². The highest BCUT2D eigenvalue weighted by Gasteiger charge is 2.40. The molecule has 1 unspecified atom stereocenters. The van der Waals surface area contributed by atoms with E-state index in [4.69, 9.17) is 4.74 Å². The van der Waals surface area contributed by atoms with Crippen molar-refractivity contribution in [2.75, 3.05) is 6.54 Å². The fourth-order valence-corrected chi connectivity index (χ4v) is 5.39. The average molecular weight is 532 g/mol. The Morgan fingerprint density at radius 2 is 1.86 bits per heavy atom. The van der Waals surface area contributed by atoms with E-state index >= 15 is 4.39 Å². The summed E-state index contributed by atoms with van der Waals surface area (Å²) in [6, 6.07) is 9.77. The Bertz CT molecular complexity index is 1280. The van der Waals surface area contributed by atoms with Crippen molar-refractivity contribution < 1.29 is 26.9 Å². The molecule has 10 heteroatoms. The lowest BCUT2D eigenvalue weighted by Gasteiger charge is -2.31. The van der Waals surface area contributed by atoms with Crippen molar-refractivity contribution in [2.45, 2.75) is 56.2 Å². The number of carbonyl (C=O) groups is 1. The molecule has 4 rings (SSSR count). The molecule has 0 aliphatic carbocycles. The van der Waals surface area contributed by atoms with Gasteiger partial charge in [0.1, 0.15) is 34.0 Å². The van der Waals surface area contributed by atoms with Gasteiger partial charge in [-0.05, 0) is 69.0 Å². The monoisotopic (exact) mass is 531 g/mol. The van der Waals surface area contributed by atoms with Crippen LogP contribution in [0.2, 0.25) is 0 Å². The summed E-state index contributed by atoms with van der Waals surface area (Å²) in [5.41, 5.74) is -0.374. The number of hydrogen-bond donors (Lipinski definition) is 1. The minimum absolute atomic E-state index is 0.0427. The third-order valence-corrected chi connectivity index (χ3v) is 7.15. The molecule has 37 heavy (non-hydrogen) atoms. The van der Waals surface area contributed by atoms with Gasteiger partial charge in [0.15, 0.2) is 0 Å². The first-order chi connectivity index (χ1) is 17.5. The van der Waals surface area contributed by atoms with E-state index in [9.17, 15) is 17.8 Å². The molecule has 1 N–H and O–H groups in total. The average Bonchev–Trinajstić information content (AvgIpc) is 3.21. The van der Waals surface area contributed by atoms with Crippen molar-refractivity contribution in [2.24, 2.45) is 0 Å². The number of nitrogens with one attached hydrogen (secondary N) is 1. The molecule has 1 aliphatic rings. The Labute approximate surface area is 216 Å². The van der Waals surface area contributed by atoms with Gasteiger partial charge in [-0.25, -0.2) is 26.9 Å². The number of amides is 1. The molecule has 6 nitrogen and oxygen atoms in total. The molecule has 3 aromatic rings. The molecule has 2 aromatic carbocycles. The number of benzene rings is 2. The summed E-state index contributed by atoms with van der Waals surface area (Å²) >= 11 is 0. The first kappa shape index (κ1) is 26.8. The second kappa shape index (κ2) is 11.0. The Morgan fingerprint density at radius 1 is 1.14 bits per heavy atom. The summed E-state index contributed by atoms with van der Waals surface area (Å²) in [6.07, 6.45) is 3.03. The lowest BCUT2D eigenvalue weighted by Crippen LogP contribution is -2.48. The van der Waals surface area contributed by atoms with E-state index in [1.54, 1.807) is 51.2 Å². The van der Waals surface area contributed by atoms with Crippen LogP contribution in [0.25, 0.3) is 11.1 Å². The highest BCUT2D eigenvalue weighted by Crippen LogP contribution is 2.30. The van der Waals surface area contributed by atoms with Crippen LogP contribution in [0.4, 0.5) is 18.0 Å². The van der Waals surface area contributed by atoms with Crippen LogP contribution >= 0.6 is 0 Å². The van der Waals surface area contributed by atoms with E-state index in [1.165, 1.54) is 17.2 Å². The van der Waals surface area contributed by atoms with Gasteiger partial charge in [-0.3, -0.25) is 4.98 Å². The van der Waals surface area contributed by atoms with E-state index in [1.807, 2.05) is 0 Å². The Kier molecular flexibility index (Phi) is 7.99. The lowest BCUT2D eigenvalue weighted by atomic mass is 9.96. The van der Waals surface area contributed by atoms with E-state index in [0.717, 1.165) is 18.2 Å². The SMILES string of the molecule is CC(C)(C)OC(=O)N1CC[C@H](NS(=O)c2cccnc2)[C@@H]1Cc1cccc(-c2cc(F)cc(F)c2)c1F. The number of pyridine rings is 1. The highest BCUT2D eigenvalue weighted by molar-refractivity contribution is 7.83. The van der Waals surface area contributed by atoms with Crippen LogP contribution in [0.3, 0.4) is 0 Å². The molecule has 1 amide bonds. The molecule has 1 saturated heterocycles. The van der Waals surface area contributed by atoms with Crippen LogP contribution in [-0.4, -0.2) is 44.4 Å². The lowest BCUT2D eigenvalue weighted by molar-refractivity contribution is 0.0218. The van der Waals surface area contributed by atoms with Crippen LogP contribution in [-0.2, 0) is 22.1 Å². The van der Waals surface area contributed by atoms with Crippen LogP contribution in [0.15, 0.2) is 65.8 Å². The van der Waals surface area contributed by atoms with Crippen LogP contribution in [0.1, 0.15) is 32.8 Å². The van der Waals surface area contributed by atoms with Gasteiger partial charge in [-0.1, -0.05) is 18.2 Å². The maximum atomic E-state index is 15.7. The van der Waals surface area contributed by atoms with Gasteiger partial charge in [0, 0.05) is 36.6 Å². The van der Waals surface area contributed by atoms with E-state index in [2.05, 4.69) is 9.71 Å². The standard InChI is InChI=1S/C27H28F3N3O3S/c1-27(2,3)36-26(34)33-11-9-23(32-37(35)21-7-5-10-31-16-21)24(33)14-17-6-4-8-22(25(17)30)18-12-19(28)15-20(29)13-18/h4-8,10,12-13,15-16,23-24,32H,9,11,14H2,1-3H3/t23-,24-,37?/m0/s1. The van der Waals surface area contributed by atoms with E-state index in [-0.39, 0.29) is 23.1 Å². The molecule has 0 radical (unpaired) electrons. The smallest absolute Gasteiger partial charge is 0.410 e. The highest BCUT2D eigenvalue weighted by atomic mass is 32.2. The zero-order valence-electron chi connectivity index (χ0n) is 20.7. The molecule has 196 valence electrons. The second-order valence-corrected chi connectivity index (χ2v) is 11.1. The summed E-state index contributed by atoms with van der Waals surface area (Å²) in [6.45, 7) is 5.58. The summed E-state index contributed by atoms with van der Waals surface area (Å²) in [4.78, 5) is 19.0. The predicted octanol–water partition coefficient (Wildman–Crippen LogP) is 5.40. The number of nitrogens with zero attached hydrogens (tertiary/aromatic N) is 2. The van der Waals surface area contributed by atoms with Gasteiger partial charge in [0.2, 0.25) is 0 Å². The number of halogens is 3. The summed E-state index contributed by atoms with van der Waals surface area (Å²) in [5, 5.41) is 0. The molecule has 1 aliphatic heterocycles. The molecule has 0 bridgehead atoms. The fourth-order valence-electron chi connectivity index (χ4n) is 4.35. The maximum absolute atomic E-state index is 15.7. The maximum Gasteiger partial charge on any atom is 0.410 e. The van der Waals surface area contributed by atoms with Crippen molar-refractivity contribution >= 4 is 17.1 Å². The topological polar surface area (TPSA) is 71.5 Å². The van der Waals surface area contributed by atoms with Crippen molar-refractivity contribution in [1.82, 2.24) is 14.6 Å². The first-order valence-corrected chi connectivity index (χ1v) is 13.0. The fraction of sp³-hybridized carbons (Fsp3) is 0.333.